The molecule has 1 aliphatic heterocycles. The van der Waals surface area contributed by atoms with Crippen molar-refractivity contribution in [1.82, 2.24) is 10.2 Å². The van der Waals surface area contributed by atoms with E-state index in [2.05, 4.69) is 5.32 Å². The zero-order valence-electron chi connectivity index (χ0n) is 10.4. The summed E-state index contributed by atoms with van der Waals surface area (Å²) in [4.78, 5) is 13.5. The quantitative estimate of drug-likeness (QED) is 0.746. The van der Waals surface area contributed by atoms with Crippen molar-refractivity contribution in [3.63, 3.8) is 0 Å². The molecule has 1 fully saturated rings. The van der Waals surface area contributed by atoms with Crippen molar-refractivity contribution in [3.8, 4) is 0 Å². The second kappa shape index (κ2) is 4.99. The molecule has 0 aromatic carbocycles. The van der Waals surface area contributed by atoms with E-state index in [1.807, 2.05) is 11.9 Å². The van der Waals surface area contributed by atoms with Crippen LogP contribution >= 0.6 is 0 Å². The van der Waals surface area contributed by atoms with E-state index in [-0.39, 0.29) is 0 Å². The second-order valence-electron chi connectivity index (χ2n) is 5.32. The summed E-state index contributed by atoms with van der Waals surface area (Å²) in [6.45, 7) is 6.61. The van der Waals surface area contributed by atoms with E-state index >= 15 is 0 Å². The number of piperidine rings is 1. The number of halogens is 1. The maximum Gasteiger partial charge on any atom is 0.408 e. The van der Waals surface area contributed by atoms with Gasteiger partial charge in [0.1, 0.15) is 11.8 Å². The Morgan fingerprint density at radius 2 is 2.12 bits per heavy atom. The molecule has 1 saturated heterocycles. The average molecular weight is 232 g/mol. The lowest BCUT2D eigenvalue weighted by molar-refractivity contribution is 0.0413. The van der Waals surface area contributed by atoms with Crippen molar-refractivity contribution in [2.24, 2.45) is 0 Å². The minimum absolute atomic E-state index is 0.455. The maximum absolute atomic E-state index is 13.5. The smallest absolute Gasteiger partial charge is 0.408 e. The predicted octanol–water partition coefficient (Wildman–Crippen LogP) is 1.55. The number of carbonyl (C=O) groups is 1. The summed E-state index contributed by atoms with van der Waals surface area (Å²) in [5, 5.41) is 2.58. The number of nitrogens with one attached hydrogen (secondary N) is 1. The van der Waals surface area contributed by atoms with Gasteiger partial charge in [-0.1, -0.05) is 0 Å². The minimum atomic E-state index is -0.983. The van der Waals surface area contributed by atoms with Crippen molar-refractivity contribution in [1.29, 1.82) is 0 Å². The van der Waals surface area contributed by atoms with E-state index in [1.165, 1.54) is 0 Å². The fourth-order valence-corrected chi connectivity index (χ4v) is 1.68. The molecule has 1 aliphatic rings. The van der Waals surface area contributed by atoms with E-state index in [1.54, 1.807) is 20.8 Å². The molecule has 2 unspecified atom stereocenters. The summed E-state index contributed by atoms with van der Waals surface area (Å²) in [5.41, 5.74) is -0.545. The number of nitrogens with zero attached hydrogens (tertiary/aromatic N) is 1. The Hall–Kier alpha value is -0.840. The Morgan fingerprint density at radius 1 is 1.50 bits per heavy atom. The Labute approximate surface area is 96.1 Å². The number of rotatable bonds is 1. The fraction of sp³-hybridized carbons (Fsp3) is 0.909. The van der Waals surface area contributed by atoms with Crippen LogP contribution < -0.4 is 5.32 Å². The van der Waals surface area contributed by atoms with Crippen molar-refractivity contribution in [3.05, 3.63) is 0 Å². The van der Waals surface area contributed by atoms with Crippen molar-refractivity contribution in [2.75, 3.05) is 20.1 Å². The van der Waals surface area contributed by atoms with Gasteiger partial charge in [-0.05, 0) is 34.2 Å². The number of alkyl carbamates (subject to hydrolysis) is 1. The first kappa shape index (κ1) is 13.2. The van der Waals surface area contributed by atoms with Gasteiger partial charge >= 0.3 is 6.09 Å². The third-order valence-electron chi connectivity index (χ3n) is 2.43. The third-order valence-corrected chi connectivity index (χ3v) is 2.43. The highest BCUT2D eigenvalue weighted by molar-refractivity contribution is 5.68. The summed E-state index contributed by atoms with van der Waals surface area (Å²) < 4.78 is 18.6. The number of likely N-dealkylation sites (tertiary alicyclic amines) is 1. The van der Waals surface area contributed by atoms with Crippen LogP contribution in [0.5, 0.6) is 0 Å². The van der Waals surface area contributed by atoms with Crippen molar-refractivity contribution >= 4 is 6.09 Å². The summed E-state index contributed by atoms with van der Waals surface area (Å²) in [7, 11) is 1.91. The summed E-state index contributed by atoms with van der Waals surface area (Å²) >= 11 is 0. The standard InChI is InChI=1S/C11H21FN2O2/c1-11(2,3)16-10(15)13-9-7-14(4)6-5-8(9)12/h8-9H,5-7H2,1-4H3,(H,13,15). The molecule has 2 atom stereocenters. The molecular weight excluding hydrogens is 211 g/mol. The van der Waals surface area contributed by atoms with Gasteiger partial charge in [0.25, 0.3) is 0 Å². The van der Waals surface area contributed by atoms with Crippen LogP contribution in [0.4, 0.5) is 9.18 Å². The number of hydrogen-bond donors (Lipinski definition) is 1. The van der Waals surface area contributed by atoms with Gasteiger partial charge in [-0.2, -0.15) is 0 Å². The number of hydrogen-bond acceptors (Lipinski definition) is 3. The van der Waals surface area contributed by atoms with Crippen molar-refractivity contribution < 1.29 is 13.9 Å². The molecule has 0 saturated carbocycles. The van der Waals surface area contributed by atoms with Gasteiger partial charge in [0, 0.05) is 13.1 Å². The van der Waals surface area contributed by atoms with Crippen LogP contribution in [-0.4, -0.2) is 48.9 Å². The van der Waals surface area contributed by atoms with E-state index in [0.29, 0.717) is 13.0 Å². The monoisotopic (exact) mass is 232 g/mol. The topological polar surface area (TPSA) is 41.6 Å². The molecule has 94 valence electrons. The van der Waals surface area contributed by atoms with Crippen LogP contribution in [-0.2, 0) is 4.74 Å². The third kappa shape index (κ3) is 4.35. The molecule has 0 spiro atoms. The fourth-order valence-electron chi connectivity index (χ4n) is 1.68. The molecule has 1 rings (SSSR count). The lowest BCUT2D eigenvalue weighted by Crippen LogP contribution is -2.53. The van der Waals surface area contributed by atoms with Crippen LogP contribution in [0.25, 0.3) is 0 Å². The highest BCUT2D eigenvalue weighted by atomic mass is 19.1. The molecule has 0 radical (unpaired) electrons. The second-order valence-corrected chi connectivity index (χ2v) is 5.32. The van der Waals surface area contributed by atoms with Crippen LogP contribution in [0.2, 0.25) is 0 Å². The van der Waals surface area contributed by atoms with Crippen LogP contribution in [0.15, 0.2) is 0 Å². The molecule has 1 N–H and O–H groups in total. The van der Waals surface area contributed by atoms with Gasteiger partial charge in [-0.25, -0.2) is 9.18 Å². The molecule has 1 heterocycles. The Balaban J connectivity index is 2.43. The largest absolute Gasteiger partial charge is 0.444 e. The Morgan fingerprint density at radius 3 is 2.69 bits per heavy atom. The van der Waals surface area contributed by atoms with Crippen LogP contribution in [0.1, 0.15) is 27.2 Å². The number of likely N-dealkylation sites (N-methyl/N-ethyl adjacent to an activating group) is 1. The zero-order valence-corrected chi connectivity index (χ0v) is 10.4. The number of carbonyl (C=O) groups excluding carboxylic acids is 1. The first-order chi connectivity index (χ1) is 7.28. The summed E-state index contributed by atoms with van der Waals surface area (Å²) in [6, 6.07) is -0.464. The molecule has 0 bridgehead atoms. The number of amides is 1. The van der Waals surface area contributed by atoms with Gasteiger partial charge in [0.2, 0.25) is 0 Å². The lowest BCUT2D eigenvalue weighted by Gasteiger charge is -2.33. The molecule has 0 aromatic rings. The summed E-state index contributed by atoms with van der Waals surface area (Å²) in [6.07, 6.45) is -1.07. The summed E-state index contributed by atoms with van der Waals surface area (Å²) in [5.74, 6) is 0. The van der Waals surface area contributed by atoms with E-state index < -0.39 is 23.9 Å². The molecule has 1 amide bonds. The number of alkyl halides is 1. The maximum atomic E-state index is 13.5. The van der Waals surface area contributed by atoms with Gasteiger partial charge < -0.3 is 15.0 Å². The van der Waals surface area contributed by atoms with E-state index in [9.17, 15) is 9.18 Å². The highest BCUT2D eigenvalue weighted by Crippen LogP contribution is 2.14. The molecule has 16 heavy (non-hydrogen) atoms. The molecule has 4 nitrogen and oxygen atoms in total. The highest BCUT2D eigenvalue weighted by Gasteiger charge is 2.30. The van der Waals surface area contributed by atoms with E-state index in [0.717, 1.165) is 6.54 Å². The lowest BCUT2D eigenvalue weighted by atomic mass is 10.0. The zero-order chi connectivity index (χ0) is 12.3. The first-order valence-electron chi connectivity index (χ1n) is 5.60. The molecular formula is C11H21FN2O2. The van der Waals surface area contributed by atoms with Crippen LogP contribution in [0, 0.1) is 0 Å². The average Bonchev–Trinajstić information content (AvgIpc) is 2.08. The molecule has 0 aliphatic carbocycles. The molecule has 0 aromatic heterocycles. The normalized spacial score (nSPS) is 27.6. The Kier molecular flexibility index (Phi) is 4.13. The van der Waals surface area contributed by atoms with Gasteiger partial charge in [-0.15, -0.1) is 0 Å². The Bertz CT molecular complexity index is 253. The first-order valence-corrected chi connectivity index (χ1v) is 5.60. The van der Waals surface area contributed by atoms with Gasteiger partial charge in [0.05, 0.1) is 6.04 Å². The predicted molar refractivity (Wildman–Crippen MR) is 60.2 cm³/mol. The molecule has 5 heteroatoms. The van der Waals surface area contributed by atoms with Gasteiger partial charge in [-0.3, -0.25) is 0 Å². The van der Waals surface area contributed by atoms with Crippen molar-refractivity contribution in [2.45, 2.75) is 45.0 Å². The number of ether oxygens (including phenoxy) is 1. The van der Waals surface area contributed by atoms with Crippen LogP contribution in [0.3, 0.4) is 0 Å². The SMILES string of the molecule is CN1CCC(F)C(NC(=O)OC(C)(C)C)C1. The minimum Gasteiger partial charge on any atom is -0.444 e. The van der Waals surface area contributed by atoms with Gasteiger partial charge in [0.15, 0.2) is 0 Å². The van der Waals surface area contributed by atoms with E-state index in [4.69, 9.17) is 4.74 Å².